The zero-order chi connectivity index (χ0) is 19.2. The number of methoxy groups -OCH3 is 2. The molecule has 150 valence electrons. The molecule has 1 aliphatic heterocycles. The molecule has 6 nitrogen and oxygen atoms in total. The number of amides is 1. The van der Waals surface area contributed by atoms with Gasteiger partial charge in [-0.05, 0) is 37.0 Å². The number of ether oxygens (including phenoxy) is 4. The van der Waals surface area contributed by atoms with Gasteiger partial charge >= 0.3 is 0 Å². The Morgan fingerprint density at radius 2 is 2.00 bits per heavy atom. The summed E-state index contributed by atoms with van der Waals surface area (Å²) in [5.41, 5.74) is 1.06. The summed E-state index contributed by atoms with van der Waals surface area (Å²) in [6.07, 6.45) is 5.53. The van der Waals surface area contributed by atoms with Crippen LogP contribution in [-0.2, 0) is 14.3 Å². The summed E-state index contributed by atoms with van der Waals surface area (Å²) in [5.74, 6) is 1.83. The second-order valence-corrected chi connectivity index (χ2v) is 7.41. The van der Waals surface area contributed by atoms with E-state index in [-0.39, 0.29) is 24.2 Å². The molecule has 0 unspecified atom stereocenters. The zero-order valence-electron chi connectivity index (χ0n) is 16.5. The van der Waals surface area contributed by atoms with Gasteiger partial charge in [0.2, 0.25) is 5.91 Å². The lowest BCUT2D eigenvalue weighted by atomic mass is 9.76. The molecular formula is C21H31NO5. The van der Waals surface area contributed by atoms with Gasteiger partial charge in [-0.3, -0.25) is 4.79 Å². The van der Waals surface area contributed by atoms with Gasteiger partial charge in [-0.25, -0.2) is 0 Å². The summed E-state index contributed by atoms with van der Waals surface area (Å²) in [6.45, 7) is 2.59. The van der Waals surface area contributed by atoms with E-state index in [9.17, 15) is 4.79 Å². The number of benzene rings is 1. The molecule has 27 heavy (non-hydrogen) atoms. The average Bonchev–Trinajstić information content (AvgIpc) is 2.68. The Bertz CT molecular complexity index is 635. The maximum Gasteiger partial charge on any atom is 0.217 e. The Labute approximate surface area is 161 Å². The van der Waals surface area contributed by atoms with Crippen LogP contribution in [0.3, 0.4) is 0 Å². The zero-order valence-corrected chi connectivity index (χ0v) is 16.5. The Morgan fingerprint density at radius 3 is 2.74 bits per heavy atom. The molecule has 4 atom stereocenters. The number of carbonyl (C=O) groups is 1. The third-order valence-electron chi connectivity index (χ3n) is 5.57. The number of hydrogen-bond acceptors (Lipinski definition) is 5. The van der Waals surface area contributed by atoms with E-state index in [1.54, 1.807) is 21.1 Å². The van der Waals surface area contributed by atoms with Crippen molar-refractivity contribution in [3.05, 3.63) is 23.8 Å². The molecule has 0 radical (unpaired) electrons. The summed E-state index contributed by atoms with van der Waals surface area (Å²) in [7, 11) is 3.29. The van der Waals surface area contributed by atoms with E-state index < -0.39 is 0 Å². The maximum atomic E-state index is 11.7. The van der Waals surface area contributed by atoms with Crippen LogP contribution in [-0.4, -0.2) is 45.5 Å². The second-order valence-electron chi connectivity index (χ2n) is 7.41. The Morgan fingerprint density at radius 1 is 1.19 bits per heavy atom. The van der Waals surface area contributed by atoms with Gasteiger partial charge in [0.05, 0.1) is 25.9 Å². The third kappa shape index (κ3) is 4.93. The van der Waals surface area contributed by atoms with E-state index in [0.29, 0.717) is 30.6 Å². The maximum absolute atomic E-state index is 11.7. The summed E-state index contributed by atoms with van der Waals surface area (Å²) in [6, 6.07) is 6.10. The van der Waals surface area contributed by atoms with Gasteiger partial charge in [0, 0.05) is 26.0 Å². The molecule has 2 fully saturated rings. The fourth-order valence-electron chi connectivity index (χ4n) is 4.31. The van der Waals surface area contributed by atoms with Crippen LogP contribution in [0.4, 0.5) is 0 Å². The molecule has 1 heterocycles. The van der Waals surface area contributed by atoms with E-state index >= 15 is 0 Å². The van der Waals surface area contributed by atoms with Crippen molar-refractivity contribution >= 4 is 5.91 Å². The van der Waals surface area contributed by atoms with Crippen LogP contribution in [0.1, 0.15) is 50.7 Å². The number of hydrogen-bond donors (Lipinski definition) is 1. The molecule has 1 N–H and O–H groups in total. The molecule has 1 aliphatic carbocycles. The molecule has 1 saturated carbocycles. The molecule has 0 bridgehead atoms. The fraction of sp³-hybridized carbons (Fsp3) is 0.667. The van der Waals surface area contributed by atoms with Gasteiger partial charge in [-0.2, -0.15) is 0 Å². The van der Waals surface area contributed by atoms with Crippen molar-refractivity contribution in [2.75, 3.05) is 27.4 Å². The molecular weight excluding hydrogens is 346 g/mol. The Hall–Kier alpha value is -1.79. The van der Waals surface area contributed by atoms with Gasteiger partial charge in [0.15, 0.2) is 11.5 Å². The number of carbonyl (C=O) groups excluding carboxylic acids is 1. The fourth-order valence-corrected chi connectivity index (χ4v) is 4.31. The minimum absolute atomic E-state index is 0.0319. The summed E-state index contributed by atoms with van der Waals surface area (Å²) in [5, 5.41) is 3.17. The molecule has 0 spiro atoms. The summed E-state index contributed by atoms with van der Waals surface area (Å²) in [4.78, 5) is 11.7. The largest absolute Gasteiger partial charge is 0.493 e. The molecule has 6 heteroatoms. The molecule has 0 aromatic heterocycles. The molecule has 1 amide bonds. The van der Waals surface area contributed by atoms with E-state index in [1.165, 1.54) is 12.8 Å². The van der Waals surface area contributed by atoms with Crippen LogP contribution in [0, 0.1) is 5.92 Å². The first-order valence-corrected chi connectivity index (χ1v) is 9.84. The summed E-state index contributed by atoms with van der Waals surface area (Å²) >= 11 is 0. The van der Waals surface area contributed by atoms with E-state index in [1.807, 2.05) is 18.2 Å². The van der Waals surface area contributed by atoms with Crippen LogP contribution >= 0.6 is 0 Å². The van der Waals surface area contributed by atoms with Crippen molar-refractivity contribution in [2.45, 2.75) is 57.3 Å². The first-order chi connectivity index (χ1) is 13.1. The Kier molecular flexibility index (Phi) is 6.96. The lowest BCUT2D eigenvalue weighted by molar-refractivity contribution is -0.131. The van der Waals surface area contributed by atoms with Gasteiger partial charge in [-0.1, -0.05) is 18.9 Å². The smallest absolute Gasteiger partial charge is 0.217 e. The van der Waals surface area contributed by atoms with Crippen molar-refractivity contribution in [2.24, 2.45) is 5.92 Å². The van der Waals surface area contributed by atoms with Crippen LogP contribution in [0.25, 0.3) is 0 Å². The molecule has 1 aromatic rings. The van der Waals surface area contributed by atoms with Gasteiger partial charge < -0.3 is 24.3 Å². The van der Waals surface area contributed by atoms with Crippen LogP contribution in [0.15, 0.2) is 18.2 Å². The highest BCUT2D eigenvalue weighted by atomic mass is 16.5. The predicted molar refractivity (Wildman–Crippen MR) is 102 cm³/mol. The molecule has 2 aliphatic rings. The molecule has 1 aromatic carbocycles. The third-order valence-corrected chi connectivity index (χ3v) is 5.57. The standard InChI is InChI=1S/C21H31NO5/c1-14(23)22-17-13-20(27-18-7-5-4-6-16(17)18)15-8-9-19(21(12-15)25-3)26-11-10-24-2/h8-9,12,16-18,20H,4-7,10-11,13H2,1-3H3,(H,22,23)/t16-,17+,18+,20+/m0/s1. The first kappa shape index (κ1) is 20.0. The average molecular weight is 377 g/mol. The summed E-state index contributed by atoms with van der Waals surface area (Å²) < 4.78 is 22.7. The van der Waals surface area contributed by atoms with Crippen LogP contribution < -0.4 is 14.8 Å². The number of rotatable bonds is 7. The van der Waals surface area contributed by atoms with Gasteiger partial charge in [-0.15, -0.1) is 0 Å². The normalized spacial score (nSPS) is 27.5. The number of nitrogens with one attached hydrogen (secondary N) is 1. The van der Waals surface area contributed by atoms with E-state index in [0.717, 1.165) is 24.8 Å². The van der Waals surface area contributed by atoms with Crippen molar-refractivity contribution < 1.29 is 23.7 Å². The van der Waals surface area contributed by atoms with Crippen molar-refractivity contribution in [1.29, 1.82) is 0 Å². The minimum Gasteiger partial charge on any atom is -0.493 e. The first-order valence-electron chi connectivity index (χ1n) is 9.84. The highest BCUT2D eigenvalue weighted by Crippen LogP contribution is 2.42. The SMILES string of the molecule is COCCOc1ccc([C@H]2C[C@@H](NC(C)=O)[C@@H]3CCCC[C@H]3O2)cc1OC. The number of fused-ring (bicyclic) bond motifs is 1. The lowest BCUT2D eigenvalue weighted by Crippen LogP contribution is -2.50. The second kappa shape index (κ2) is 9.42. The van der Waals surface area contributed by atoms with Crippen molar-refractivity contribution in [1.82, 2.24) is 5.32 Å². The van der Waals surface area contributed by atoms with Gasteiger partial charge in [0.1, 0.15) is 6.61 Å². The lowest BCUT2D eigenvalue weighted by Gasteiger charge is -2.45. The van der Waals surface area contributed by atoms with Crippen LogP contribution in [0.5, 0.6) is 11.5 Å². The Balaban J connectivity index is 1.76. The predicted octanol–water partition coefficient (Wildman–Crippen LogP) is 3.25. The quantitative estimate of drug-likeness (QED) is 0.739. The van der Waals surface area contributed by atoms with Gasteiger partial charge in [0.25, 0.3) is 0 Å². The molecule has 1 saturated heterocycles. The topological polar surface area (TPSA) is 66.0 Å². The van der Waals surface area contributed by atoms with Crippen molar-refractivity contribution in [3.8, 4) is 11.5 Å². The van der Waals surface area contributed by atoms with Crippen molar-refractivity contribution in [3.63, 3.8) is 0 Å². The highest BCUT2D eigenvalue weighted by Gasteiger charge is 2.40. The molecule has 3 rings (SSSR count). The monoisotopic (exact) mass is 377 g/mol. The highest BCUT2D eigenvalue weighted by molar-refractivity contribution is 5.73. The minimum atomic E-state index is -0.0527. The van der Waals surface area contributed by atoms with Crippen LogP contribution in [0.2, 0.25) is 0 Å². The van der Waals surface area contributed by atoms with E-state index in [4.69, 9.17) is 18.9 Å². The van der Waals surface area contributed by atoms with E-state index in [2.05, 4.69) is 5.32 Å².